The molecule has 1 atom stereocenters. The van der Waals surface area contributed by atoms with Crippen LogP contribution in [0.1, 0.15) is 38.7 Å². The molecule has 1 aromatic rings. The molecule has 0 saturated heterocycles. The number of esters is 1. The van der Waals surface area contributed by atoms with Gasteiger partial charge in [-0.2, -0.15) is 0 Å². The van der Waals surface area contributed by atoms with Gasteiger partial charge in [-0.25, -0.2) is 0 Å². The van der Waals surface area contributed by atoms with Crippen molar-refractivity contribution in [1.29, 1.82) is 0 Å². The minimum Gasteiger partial charge on any atom is -0.466 e. The Labute approximate surface area is 97.6 Å². The first-order valence-corrected chi connectivity index (χ1v) is 5.85. The van der Waals surface area contributed by atoms with Crippen molar-refractivity contribution < 1.29 is 9.53 Å². The predicted molar refractivity (Wildman–Crippen MR) is 65.3 cm³/mol. The van der Waals surface area contributed by atoms with Gasteiger partial charge < -0.3 is 4.74 Å². The fraction of sp³-hybridized carbons (Fsp3) is 0.500. The molecule has 0 aliphatic heterocycles. The van der Waals surface area contributed by atoms with Crippen molar-refractivity contribution in [3.8, 4) is 0 Å². The first-order valence-electron chi connectivity index (χ1n) is 5.85. The Morgan fingerprint density at radius 1 is 1.25 bits per heavy atom. The van der Waals surface area contributed by atoms with Gasteiger partial charge in [0.05, 0.1) is 13.0 Å². The summed E-state index contributed by atoms with van der Waals surface area (Å²) < 4.78 is 5.01. The van der Waals surface area contributed by atoms with Crippen LogP contribution >= 0.6 is 0 Å². The van der Waals surface area contributed by atoms with Crippen molar-refractivity contribution in [1.82, 2.24) is 0 Å². The number of benzene rings is 1. The molecule has 0 spiro atoms. The van der Waals surface area contributed by atoms with Gasteiger partial charge in [0.1, 0.15) is 0 Å². The molecule has 2 heteroatoms. The molecule has 2 nitrogen and oxygen atoms in total. The molecule has 0 heterocycles. The largest absolute Gasteiger partial charge is 0.466 e. The highest BCUT2D eigenvalue weighted by atomic mass is 16.5. The van der Waals surface area contributed by atoms with Crippen LogP contribution in [0.25, 0.3) is 0 Å². The highest BCUT2D eigenvalue weighted by Crippen LogP contribution is 2.27. The fourth-order valence-corrected chi connectivity index (χ4v) is 1.84. The lowest BCUT2D eigenvalue weighted by atomic mass is 9.86. The van der Waals surface area contributed by atoms with Gasteiger partial charge in [-0.3, -0.25) is 4.79 Å². The van der Waals surface area contributed by atoms with E-state index in [0.717, 1.165) is 0 Å². The second kappa shape index (κ2) is 6.31. The van der Waals surface area contributed by atoms with Crippen molar-refractivity contribution >= 4 is 5.97 Å². The molecule has 0 aromatic heterocycles. The van der Waals surface area contributed by atoms with Gasteiger partial charge in [-0.15, -0.1) is 0 Å². The third-order valence-corrected chi connectivity index (χ3v) is 2.72. The van der Waals surface area contributed by atoms with E-state index in [4.69, 9.17) is 4.74 Å². The maximum atomic E-state index is 11.5. The fourth-order valence-electron chi connectivity index (χ4n) is 1.84. The highest BCUT2D eigenvalue weighted by molar-refractivity contribution is 5.70. The maximum Gasteiger partial charge on any atom is 0.306 e. The summed E-state index contributed by atoms with van der Waals surface area (Å²) in [4.78, 5) is 11.5. The van der Waals surface area contributed by atoms with Gasteiger partial charge in [0.15, 0.2) is 0 Å². The van der Waals surface area contributed by atoms with E-state index < -0.39 is 0 Å². The number of ether oxygens (including phenoxy) is 1. The lowest BCUT2D eigenvalue weighted by Gasteiger charge is -2.20. The summed E-state index contributed by atoms with van der Waals surface area (Å²) in [5.74, 6) is 0.581. The van der Waals surface area contributed by atoms with E-state index in [1.54, 1.807) is 0 Å². The van der Waals surface area contributed by atoms with Gasteiger partial charge in [-0.1, -0.05) is 44.2 Å². The van der Waals surface area contributed by atoms with E-state index in [0.29, 0.717) is 18.9 Å². The summed E-state index contributed by atoms with van der Waals surface area (Å²) in [5, 5.41) is 0. The summed E-state index contributed by atoms with van der Waals surface area (Å²) >= 11 is 0. The first-order chi connectivity index (χ1) is 7.65. The van der Waals surface area contributed by atoms with Crippen LogP contribution in [-0.2, 0) is 9.53 Å². The molecule has 88 valence electrons. The Hall–Kier alpha value is -1.31. The number of hydrogen-bond acceptors (Lipinski definition) is 2. The summed E-state index contributed by atoms with van der Waals surface area (Å²) in [6, 6.07) is 10.2. The third kappa shape index (κ3) is 3.69. The molecule has 1 aromatic carbocycles. The van der Waals surface area contributed by atoms with E-state index in [2.05, 4.69) is 26.0 Å². The molecule has 1 rings (SSSR count). The van der Waals surface area contributed by atoms with Crippen LogP contribution in [0.5, 0.6) is 0 Å². The average molecular weight is 220 g/mol. The monoisotopic (exact) mass is 220 g/mol. The first kappa shape index (κ1) is 12.8. The van der Waals surface area contributed by atoms with Crippen molar-refractivity contribution in [2.24, 2.45) is 5.92 Å². The third-order valence-electron chi connectivity index (χ3n) is 2.72. The topological polar surface area (TPSA) is 26.3 Å². The van der Waals surface area contributed by atoms with Crippen LogP contribution in [0, 0.1) is 5.92 Å². The van der Waals surface area contributed by atoms with Gasteiger partial charge in [-0.05, 0) is 24.3 Å². The lowest BCUT2D eigenvalue weighted by Crippen LogP contribution is -2.14. The van der Waals surface area contributed by atoms with Gasteiger partial charge in [0.25, 0.3) is 0 Å². The predicted octanol–water partition coefficient (Wildman–Crippen LogP) is 3.38. The zero-order valence-electron chi connectivity index (χ0n) is 10.3. The molecule has 0 radical (unpaired) electrons. The second-order valence-electron chi connectivity index (χ2n) is 4.27. The molecule has 0 fully saturated rings. The van der Waals surface area contributed by atoms with Crippen LogP contribution in [0.4, 0.5) is 0 Å². The summed E-state index contributed by atoms with van der Waals surface area (Å²) in [7, 11) is 0. The van der Waals surface area contributed by atoms with Gasteiger partial charge in [0.2, 0.25) is 0 Å². The molecule has 0 aliphatic rings. The Morgan fingerprint density at radius 2 is 1.88 bits per heavy atom. The average Bonchev–Trinajstić information content (AvgIpc) is 2.27. The summed E-state index contributed by atoms with van der Waals surface area (Å²) in [6.07, 6.45) is 0.468. The zero-order chi connectivity index (χ0) is 12.0. The van der Waals surface area contributed by atoms with Crippen molar-refractivity contribution in [2.75, 3.05) is 6.61 Å². The SMILES string of the molecule is CCOC(=O)C[C@@H](c1ccccc1)C(C)C. The Balaban J connectivity index is 2.73. The minimum absolute atomic E-state index is 0.106. The quantitative estimate of drug-likeness (QED) is 0.711. The Morgan fingerprint density at radius 3 is 2.38 bits per heavy atom. The summed E-state index contributed by atoms with van der Waals surface area (Å²) in [6.45, 7) is 6.57. The van der Waals surface area contributed by atoms with Gasteiger partial charge in [0, 0.05) is 0 Å². The van der Waals surface area contributed by atoms with Crippen LogP contribution < -0.4 is 0 Å². The van der Waals surface area contributed by atoms with E-state index in [-0.39, 0.29) is 11.9 Å². The number of hydrogen-bond donors (Lipinski definition) is 0. The van der Waals surface area contributed by atoms with Crippen molar-refractivity contribution in [2.45, 2.75) is 33.1 Å². The van der Waals surface area contributed by atoms with Crippen molar-refractivity contribution in [3.05, 3.63) is 35.9 Å². The molecule has 16 heavy (non-hydrogen) atoms. The van der Waals surface area contributed by atoms with Crippen LogP contribution in [0.3, 0.4) is 0 Å². The van der Waals surface area contributed by atoms with Crippen molar-refractivity contribution in [3.63, 3.8) is 0 Å². The van der Waals surface area contributed by atoms with Crippen LogP contribution in [-0.4, -0.2) is 12.6 Å². The molecule has 0 amide bonds. The van der Waals surface area contributed by atoms with E-state index in [9.17, 15) is 4.79 Å². The molecule has 0 aliphatic carbocycles. The molecule has 0 bridgehead atoms. The lowest BCUT2D eigenvalue weighted by molar-refractivity contribution is -0.143. The molecular formula is C14H20O2. The standard InChI is InChI=1S/C14H20O2/c1-4-16-14(15)10-13(11(2)3)12-8-6-5-7-9-12/h5-9,11,13H,4,10H2,1-3H3/t13-/m1/s1. The van der Waals surface area contributed by atoms with Crippen LogP contribution in [0.15, 0.2) is 30.3 Å². The number of carbonyl (C=O) groups is 1. The molecule has 0 N–H and O–H groups in total. The normalized spacial score (nSPS) is 12.5. The molecule has 0 unspecified atom stereocenters. The summed E-state index contributed by atoms with van der Waals surface area (Å²) in [5.41, 5.74) is 1.21. The smallest absolute Gasteiger partial charge is 0.306 e. The second-order valence-corrected chi connectivity index (χ2v) is 4.27. The number of rotatable bonds is 5. The maximum absolute atomic E-state index is 11.5. The Kier molecular flexibility index (Phi) is 5.03. The van der Waals surface area contributed by atoms with E-state index in [1.807, 2.05) is 25.1 Å². The number of carbonyl (C=O) groups excluding carboxylic acids is 1. The van der Waals surface area contributed by atoms with Gasteiger partial charge >= 0.3 is 5.97 Å². The molecule has 0 saturated carbocycles. The molecular weight excluding hydrogens is 200 g/mol. The van der Waals surface area contributed by atoms with E-state index in [1.165, 1.54) is 5.56 Å². The van der Waals surface area contributed by atoms with Crippen LogP contribution in [0.2, 0.25) is 0 Å². The Bertz CT molecular complexity index is 317. The minimum atomic E-state index is -0.106. The van der Waals surface area contributed by atoms with E-state index >= 15 is 0 Å². The zero-order valence-corrected chi connectivity index (χ0v) is 10.3. The highest BCUT2D eigenvalue weighted by Gasteiger charge is 2.19.